The lowest BCUT2D eigenvalue weighted by Gasteiger charge is -2.30. The molecule has 11 heteroatoms. The highest BCUT2D eigenvalue weighted by molar-refractivity contribution is 7.92. The summed E-state index contributed by atoms with van der Waals surface area (Å²) in [4.78, 5) is 13.1. The second-order valence-electron chi connectivity index (χ2n) is 8.54. The van der Waals surface area contributed by atoms with Gasteiger partial charge in [0.1, 0.15) is 18.4 Å². The maximum atomic E-state index is 12.9. The molecule has 2 aromatic carbocycles. The highest BCUT2D eigenvalue weighted by Crippen LogP contribution is 2.24. The molecule has 1 N–H and O–H groups in total. The van der Waals surface area contributed by atoms with Crippen molar-refractivity contribution in [3.05, 3.63) is 54.1 Å². The summed E-state index contributed by atoms with van der Waals surface area (Å²) in [5.74, 6) is 0.0539. The van der Waals surface area contributed by atoms with Gasteiger partial charge in [-0.25, -0.2) is 16.8 Å². The minimum atomic E-state index is -3.69. The quantitative estimate of drug-likeness (QED) is 0.453. The van der Waals surface area contributed by atoms with E-state index in [1.807, 2.05) is 6.92 Å². The number of ether oxygens (including phenoxy) is 1. The summed E-state index contributed by atoms with van der Waals surface area (Å²) in [6.45, 7) is 5.04. The second kappa shape index (κ2) is 11.4. The van der Waals surface area contributed by atoms with Crippen molar-refractivity contribution < 1.29 is 26.4 Å². The third-order valence-electron chi connectivity index (χ3n) is 5.81. The average molecular weight is 524 g/mol. The number of carbonyl (C=O) groups excluding carboxylic acids is 1. The Balaban J connectivity index is 1.57. The van der Waals surface area contributed by atoms with Crippen molar-refractivity contribution in [2.24, 2.45) is 0 Å². The van der Waals surface area contributed by atoms with Crippen molar-refractivity contribution in [3.63, 3.8) is 0 Å². The molecule has 192 valence electrons. The zero-order valence-corrected chi connectivity index (χ0v) is 21.9. The highest BCUT2D eigenvalue weighted by Gasteiger charge is 2.31. The molecule has 0 aliphatic carbocycles. The number of sulfonamides is 2. The van der Waals surface area contributed by atoms with Gasteiger partial charge in [-0.05, 0) is 62.6 Å². The van der Waals surface area contributed by atoms with Crippen LogP contribution >= 0.6 is 0 Å². The van der Waals surface area contributed by atoms with Crippen LogP contribution in [-0.4, -0.2) is 65.6 Å². The standard InChI is InChI=1S/C24H33N3O6S2/c1-4-23(27(34(3,29)30)20-9-7-19(2)8-10-20)24(28)25-15-18-33-21-11-13-22(14-12-21)35(31,32)26-16-5-6-17-26/h7-14,23H,4-6,15-18H2,1-3H3,(H,25,28)/t23-/m1/s1. The van der Waals surface area contributed by atoms with E-state index in [0.29, 0.717) is 30.9 Å². The number of carbonyl (C=O) groups is 1. The van der Waals surface area contributed by atoms with Crippen LogP contribution in [0.3, 0.4) is 0 Å². The van der Waals surface area contributed by atoms with Gasteiger partial charge in [0.25, 0.3) is 0 Å². The number of anilines is 1. The van der Waals surface area contributed by atoms with E-state index in [2.05, 4.69) is 5.32 Å². The summed E-state index contributed by atoms with van der Waals surface area (Å²) in [5, 5.41) is 2.74. The van der Waals surface area contributed by atoms with Crippen molar-refractivity contribution >= 4 is 31.6 Å². The van der Waals surface area contributed by atoms with Crippen molar-refractivity contribution in [1.29, 1.82) is 0 Å². The van der Waals surface area contributed by atoms with Crippen molar-refractivity contribution in [3.8, 4) is 5.75 Å². The van der Waals surface area contributed by atoms with Crippen LogP contribution < -0.4 is 14.4 Å². The van der Waals surface area contributed by atoms with Gasteiger partial charge in [-0.1, -0.05) is 24.6 Å². The number of rotatable bonds is 11. The van der Waals surface area contributed by atoms with E-state index >= 15 is 0 Å². The van der Waals surface area contributed by atoms with Crippen LogP contribution in [0.5, 0.6) is 5.75 Å². The molecule has 3 rings (SSSR count). The second-order valence-corrected chi connectivity index (χ2v) is 12.3. The van der Waals surface area contributed by atoms with E-state index in [1.165, 1.54) is 16.4 Å². The first-order chi connectivity index (χ1) is 16.5. The Hall–Kier alpha value is -2.63. The molecule has 1 atom stereocenters. The monoisotopic (exact) mass is 523 g/mol. The molecule has 1 saturated heterocycles. The SMILES string of the molecule is CC[C@H](C(=O)NCCOc1ccc(S(=O)(=O)N2CCCC2)cc1)N(c1ccc(C)cc1)S(C)(=O)=O. The minimum Gasteiger partial charge on any atom is -0.492 e. The van der Waals surface area contributed by atoms with Crippen LogP contribution in [0, 0.1) is 6.92 Å². The smallest absolute Gasteiger partial charge is 0.244 e. The number of hydrogen-bond acceptors (Lipinski definition) is 6. The molecule has 35 heavy (non-hydrogen) atoms. The Morgan fingerprint density at radius 1 is 1.03 bits per heavy atom. The van der Waals surface area contributed by atoms with Gasteiger partial charge < -0.3 is 10.1 Å². The van der Waals surface area contributed by atoms with Gasteiger partial charge in [0, 0.05) is 13.1 Å². The van der Waals surface area contributed by atoms with Crippen LogP contribution in [0.4, 0.5) is 5.69 Å². The number of amides is 1. The molecule has 0 radical (unpaired) electrons. The van der Waals surface area contributed by atoms with Gasteiger partial charge in [0.2, 0.25) is 26.0 Å². The van der Waals surface area contributed by atoms with Gasteiger partial charge in [0.15, 0.2) is 0 Å². The van der Waals surface area contributed by atoms with Gasteiger partial charge in [-0.15, -0.1) is 0 Å². The summed E-state index contributed by atoms with van der Waals surface area (Å²) >= 11 is 0. The van der Waals surface area contributed by atoms with E-state index in [-0.39, 0.29) is 18.0 Å². The molecule has 0 saturated carbocycles. The number of nitrogens with zero attached hydrogens (tertiary/aromatic N) is 2. The molecule has 1 heterocycles. The summed E-state index contributed by atoms with van der Waals surface area (Å²) in [7, 11) is -7.18. The van der Waals surface area contributed by atoms with Crippen LogP contribution in [0.1, 0.15) is 31.7 Å². The van der Waals surface area contributed by atoms with Crippen molar-refractivity contribution in [1.82, 2.24) is 9.62 Å². The van der Waals surface area contributed by atoms with Crippen LogP contribution in [0.15, 0.2) is 53.4 Å². The fraction of sp³-hybridized carbons (Fsp3) is 0.458. The molecule has 1 amide bonds. The molecule has 0 aromatic heterocycles. The minimum absolute atomic E-state index is 0.143. The number of nitrogens with one attached hydrogen (secondary N) is 1. The maximum absolute atomic E-state index is 12.9. The summed E-state index contributed by atoms with van der Waals surface area (Å²) in [6.07, 6.45) is 3.12. The number of hydrogen-bond donors (Lipinski definition) is 1. The number of aryl methyl sites for hydroxylation is 1. The average Bonchev–Trinajstić information content (AvgIpc) is 3.36. The van der Waals surface area contributed by atoms with Crippen molar-refractivity contribution in [2.45, 2.75) is 44.0 Å². The Bertz CT molecular complexity index is 1210. The Morgan fingerprint density at radius 3 is 2.17 bits per heavy atom. The Kier molecular flexibility index (Phi) is 8.79. The van der Waals surface area contributed by atoms with Gasteiger partial charge in [-0.2, -0.15) is 4.31 Å². The lowest BCUT2D eigenvalue weighted by atomic mass is 10.1. The van der Waals surface area contributed by atoms with E-state index in [1.54, 1.807) is 43.3 Å². The largest absolute Gasteiger partial charge is 0.492 e. The first kappa shape index (κ1) is 27.0. The molecule has 1 aliphatic rings. The fourth-order valence-corrected chi connectivity index (χ4v) is 6.73. The van der Waals surface area contributed by atoms with Crippen molar-refractivity contribution in [2.75, 3.05) is 36.8 Å². The van der Waals surface area contributed by atoms with E-state index in [0.717, 1.165) is 29.0 Å². The lowest BCUT2D eigenvalue weighted by Crippen LogP contribution is -2.50. The van der Waals surface area contributed by atoms with E-state index < -0.39 is 32.0 Å². The van der Waals surface area contributed by atoms with Crippen LogP contribution in [0.2, 0.25) is 0 Å². The molecule has 0 bridgehead atoms. The van der Waals surface area contributed by atoms with Crippen LogP contribution in [0.25, 0.3) is 0 Å². The fourth-order valence-electron chi connectivity index (χ4n) is 4.00. The molecular formula is C24H33N3O6S2. The van der Waals surface area contributed by atoms with E-state index in [4.69, 9.17) is 4.74 Å². The highest BCUT2D eigenvalue weighted by atomic mass is 32.2. The molecule has 1 fully saturated rings. The molecule has 0 unspecified atom stereocenters. The maximum Gasteiger partial charge on any atom is 0.244 e. The van der Waals surface area contributed by atoms with Gasteiger partial charge >= 0.3 is 0 Å². The zero-order valence-electron chi connectivity index (χ0n) is 20.3. The lowest BCUT2D eigenvalue weighted by molar-refractivity contribution is -0.122. The van der Waals surface area contributed by atoms with E-state index in [9.17, 15) is 21.6 Å². The van der Waals surface area contributed by atoms with Gasteiger partial charge in [0.05, 0.1) is 23.4 Å². The topological polar surface area (TPSA) is 113 Å². The molecular weight excluding hydrogens is 490 g/mol. The summed E-state index contributed by atoms with van der Waals surface area (Å²) in [6, 6.07) is 12.3. The molecule has 9 nitrogen and oxygen atoms in total. The number of benzene rings is 2. The molecule has 0 spiro atoms. The summed E-state index contributed by atoms with van der Waals surface area (Å²) in [5.41, 5.74) is 1.42. The zero-order chi connectivity index (χ0) is 25.6. The third-order valence-corrected chi connectivity index (χ3v) is 8.91. The molecule has 2 aromatic rings. The Morgan fingerprint density at radius 2 is 1.63 bits per heavy atom. The predicted molar refractivity (Wildman–Crippen MR) is 136 cm³/mol. The van der Waals surface area contributed by atoms with Crippen LogP contribution in [-0.2, 0) is 24.8 Å². The first-order valence-corrected chi connectivity index (χ1v) is 14.9. The predicted octanol–water partition coefficient (Wildman–Crippen LogP) is 2.52. The van der Waals surface area contributed by atoms with Gasteiger partial charge in [-0.3, -0.25) is 9.10 Å². The first-order valence-electron chi connectivity index (χ1n) is 11.6. The Labute approximate surface area is 208 Å². The summed E-state index contributed by atoms with van der Waals surface area (Å²) < 4.78 is 58.5. The molecule has 1 aliphatic heterocycles. The normalized spacial score (nSPS) is 15.5. The third kappa shape index (κ3) is 6.74.